The molecule has 0 saturated heterocycles. The number of aromatic hydroxyl groups is 1. The maximum absolute atomic E-state index is 12.0. The van der Waals surface area contributed by atoms with Gasteiger partial charge >= 0.3 is 0 Å². The molecule has 0 atom stereocenters. The molecule has 0 aromatic heterocycles. The number of phenols is 1. The van der Waals surface area contributed by atoms with Gasteiger partial charge in [-0.15, -0.1) is 0 Å². The van der Waals surface area contributed by atoms with Gasteiger partial charge in [-0.3, -0.25) is 9.59 Å². The third-order valence-electron chi connectivity index (χ3n) is 2.94. The van der Waals surface area contributed by atoms with Crippen LogP contribution in [0.25, 0.3) is 5.76 Å². The summed E-state index contributed by atoms with van der Waals surface area (Å²) in [5.41, 5.74) is -0.455. The molecule has 0 aliphatic heterocycles. The van der Waals surface area contributed by atoms with E-state index in [2.05, 4.69) is 0 Å². The number of benzene rings is 1. The largest absolute Gasteiger partial charge is 0.507 e. The maximum Gasteiger partial charge on any atom is 0.237 e. The summed E-state index contributed by atoms with van der Waals surface area (Å²) < 4.78 is 0. The number of aliphatic hydroxyl groups is 1. The van der Waals surface area contributed by atoms with Gasteiger partial charge in [0, 0.05) is 5.56 Å². The molecule has 1 aromatic carbocycles. The maximum atomic E-state index is 12.0. The van der Waals surface area contributed by atoms with Crippen LogP contribution in [-0.4, -0.2) is 21.8 Å². The zero-order valence-corrected chi connectivity index (χ0v) is 10.4. The normalized spacial score (nSPS) is 15.9. The molecule has 0 unspecified atom stereocenters. The summed E-state index contributed by atoms with van der Waals surface area (Å²) in [6.45, 7) is 5.24. The molecule has 0 bridgehead atoms. The van der Waals surface area contributed by atoms with Crippen LogP contribution in [-0.2, 0) is 4.79 Å². The van der Waals surface area contributed by atoms with Crippen LogP contribution in [0, 0.1) is 5.41 Å². The Morgan fingerprint density at radius 1 is 1.00 bits per heavy atom. The Bertz CT molecular complexity index is 588. The van der Waals surface area contributed by atoms with Crippen LogP contribution in [0.1, 0.15) is 36.7 Å². The van der Waals surface area contributed by atoms with Crippen LogP contribution in [0.2, 0.25) is 0 Å². The fourth-order valence-corrected chi connectivity index (χ4v) is 2.14. The van der Waals surface area contributed by atoms with E-state index in [0.29, 0.717) is 0 Å². The van der Waals surface area contributed by atoms with E-state index in [9.17, 15) is 19.8 Å². The molecule has 94 valence electrons. The Balaban J connectivity index is 2.83. The van der Waals surface area contributed by atoms with Crippen molar-refractivity contribution in [1.29, 1.82) is 0 Å². The van der Waals surface area contributed by atoms with Gasteiger partial charge in [0.1, 0.15) is 11.5 Å². The van der Waals surface area contributed by atoms with E-state index in [4.69, 9.17) is 0 Å². The van der Waals surface area contributed by atoms with E-state index in [0.717, 1.165) is 0 Å². The lowest BCUT2D eigenvalue weighted by Crippen LogP contribution is -2.30. The number of carbonyl (C=O) groups excluding carboxylic acids is 2. The molecule has 0 saturated carbocycles. The van der Waals surface area contributed by atoms with E-state index in [-0.39, 0.29) is 28.2 Å². The number of carbonyl (C=O) groups is 2. The van der Waals surface area contributed by atoms with Gasteiger partial charge in [0.15, 0.2) is 0 Å². The fourth-order valence-electron chi connectivity index (χ4n) is 2.14. The molecule has 4 nitrogen and oxygen atoms in total. The van der Waals surface area contributed by atoms with Crippen molar-refractivity contribution in [3.8, 4) is 5.75 Å². The first kappa shape index (κ1) is 12.4. The summed E-state index contributed by atoms with van der Waals surface area (Å²) in [4.78, 5) is 24.0. The second-order valence-electron chi connectivity index (χ2n) is 5.33. The van der Waals surface area contributed by atoms with Gasteiger partial charge in [-0.25, -0.2) is 0 Å². The van der Waals surface area contributed by atoms with Crippen molar-refractivity contribution in [2.75, 3.05) is 0 Å². The van der Waals surface area contributed by atoms with Gasteiger partial charge < -0.3 is 10.2 Å². The van der Waals surface area contributed by atoms with Crippen molar-refractivity contribution < 1.29 is 19.8 Å². The minimum Gasteiger partial charge on any atom is -0.507 e. The molecule has 0 heterocycles. The predicted octanol–water partition coefficient (Wildman–Crippen LogP) is 2.47. The summed E-state index contributed by atoms with van der Waals surface area (Å²) in [5.74, 6) is -2.04. The van der Waals surface area contributed by atoms with Crippen LogP contribution in [0.15, 0.2) is 23.8 Å². The first-order valence-electron chi connectivity index (χ1n) is 5.60. The smallest absolute Gasteiger partial charge is 0.237 e. The molecule has 1 aliphatic rings. The Kier molecular flexibility index (Phi) is 2.54. The second kappa shape index (κ2) is 3.70. The Labute approximate surface area is 105 Å². The highest BCUT2D eigenvalue weighted by molar-refractivity contribution is 6.52. The molecule has 0 spiro atoms. The first-order valence-corrected chi connectivity index (χ1v) is 5.60. The van der Waals surface area contributed by atoms with E-state index in [1.165, 1.54) is 18.2 Å². The molecular formula is C14H14O4. The molecular weight excluding hydrogens is 232 g/mol. The lowest BCUT2D eigenvalue weighted by Gasteiger charge is -2.27. The fraction of sp³-hybridized carbons (Fsp3) is 0.286. The first-order chi connectivity index (χ1) is 8.25. The van der Waals surface area contributed by atoms with Crippen molar-refractivity contribution in [2.24, 2.45) is 5.41 Å². The number of allylic oxidation sites excluding steroid dienone is 1. The molecule has 2 N–H and O–H groups in total. The lowest BCUT2D eigenvalue weighted by atomic mass is 9.76. The highest BCUT2D eigenvalue weighted by atomic mass is 16.3. The second-order valence-corrected chi connectivity index (χ2v) is 5.33. The van der Waals surface area contributed by atoms with Crippen molar-refractivity contribution in [3.05, 3.63) is 34.9 Å². The average Bonchev–Trinajstić information content (AvgIpc) is 2.24. The van der Waals surface area contributed by atoms with Gasteiger partial charge in [-0.05, 0) is 11.5 Å². The van der Waals surface area contributed by atoms with Crippen LogP contribution in [0.4, 0.5) is 0 Å². The molecule has 0 fully saturated rings. The van der Waals surface area contributed by atoms with Crippen molar-refractivity contribution in [1.82, 2.24) is 0 Å². The third kappa shape index (κ3) is 1.61. The number of rotatable bonds is 0. The number of Topliss-reactive ketones (excluding diaryl/α,β-unsaturated/α-hetero) is 2. The van der Waals surface area contributed by atoms with Gasteiger partial charge in [-0.2, -0.15) is 0 Å². The summed E-state index contributed by atoms with van der Waals surface area (Å²) in [6, 6.07) is 4.35. The van der Waals surface area contributed by atoms with Crippen molar-refractivity contribution in [3.63, 3.8) is 0 Å². The van der Waals surface area contributed by atoms with Gasteiger partial charge in [0.05, 0.1) is 11.1 Å². The van der Waals surface area contributed by atoms with Gasteiger partial charge in [-0.1, -0.05) is 32.9 Å². The highest BCUT2D eigenvalue weighted by Crippen LogP contribution is 2.39. The molecule has 0 amide bonds. The Morgan fingerprint density at radius 2 is 1.61 bits per heavy atom. The molecule has 18 heavy (non-hydrogen) atoms. The number of fused-ring (bicyclic) bond motifs is 1. The minimum atomic E-state index is -0.772. The van der Waals surface area contributed by atoms with Crippen LogP contribution >= 0.6 is 0 Å². The van der Waals surface area contributed by atoms with Crippen LogP contribution < -0.4 is 0 Å². The average molecular weight is 246 g/mol. The summed E-state index contributed by atoms with van der Waals surface area (Å²) in [6.07, 6.45) is 0. The van der Waals surface area contributed by atoms with E-state index in [1.54, 1.807) is 20.8 Å². The minimum absolute atomic E-state index is 0.0885. The number of ketones is 2. The SMILES string of the molecule is CC(C)(C)C1=C(O)c2cccc(O)c2C(=O)C1=O. The Morgan fingerprint density at radius 3 is 2.17 bits per heavy atom. The standard InChI is InChI=1S/C14H14O4/c1-14(2,3)10-11(16)7-5-4-6-8(15)9(7)12(17)13(10)18/h4-6,15-16H,1-3H3. The number of hydrogen-bond donors (Lipinski definition) is 2. The topological polar surface area (TPSA) is 74.6 Å². The summed E-state index contributed by atoms with van der Waals surface area (Å²) in [7, 11) is 0. The molecule has 2 rings (SSSR count). The number of phenolic OH excluding ortho intramolecular Hbond substituents is 1. The van der Waals surface area contributed by atoms with E-state index >= 15 is 0 Å². The van der Waals surface area contributed by atoms with Crippen molar-refractivity contribution in [2.45, 2.75) is 20.8 Å². The van der Waals surface area contributed by atoms with E-state index in [1.807, 2.05) is 0 Å². The number of hydrogen-bond acceptors (Lipinski definition) is 4. The third-order valence-corrected chi connectivity index (χ3v) is 2.94. The zero-order chi connectivity index (χ0) is 13.7. The lowest BCUT2D eigenvalue weighted by molar-refractivity contribution is -0.112. The molecule has 0 radical (unpaired) electrons. The number of aliphatic hydroxyl groups excluding tert-OH is 1. The predicted molar refractivity (Wildman–Crippen MR) is 66.4 cm³/mol. The quantitative estimate of drug-likeness (QED) is 0.689. The summed E-state index contributed by atoms with van der Waals surface area (Å²) in [5, 5.41) is 19.8. The van der Waals surface area contributed by atoms with Gasteiger partial charge in [0.25, 0.3) is 0 Å². The van der Waals surface area contributed by atoms with Crippen LogP contribution in [0.5, 0.6) is 5.75 Å². The van der Waals surface area contributed by atoms with E-state index < -0.39 is 17.0 Å². The van der Waals surface area contributed by atoms with Crippen LogP contribution in [0.3, 0.4) is 0 Å². The molecule has 1 aromatic rings. The molecule has 4 heteroatoms. The Hall–Kier alpha value is -2.10. The summed E-state index contributed by atoms with van der Waals surface area (Å²) >= 11 is 0. The molecule has 1 aliphatic carbocycles. The monoisotopic (exact) mass is 246 g/mol. The zero-order valence-electron chi connectivity index (χ0n) is 10.4. The highest BCUT2D eigenvalue weighted by Gasteiger charge is 2.39. The van der Waals surface area contributed by atoms with Crippen molar-refractivity contribution >= 4 is 17.3 Å². The van der Waals surface area contributed by atoms with Gasteiger partial charge in [0.2, 0.25) is 11.6 Å².